The number of nitrogens with zero attached hydrogens (tertiary/aromatic N) is 2. The Morgan fingerprint density at radius 1 is 1.35 bits per heavy atom. The van der Waals surface area contributed by atoms with Gasteiger partial charge in [-0.05, 0) is 12.3 Å². The Hall–Kier alpha value is -1.91. The summed E-state index contributed by atoms with van der Waals surface area (Å²) in [6.07, 6.45) is -10.5. The molecule has 11 heteroatoms. The summed E-state index contributed by atoms with van der Waals surface area (Å²) in [5.74, 6) is -0.676. The molecule has 0 fully saturated rings. The minimum absolute atomic E-state index is 0.00321. The average Bonchev–Trinajstić information content (AvgIpc) is 2.99. The van der Waals surface area contributed by atoms with Gasteiger partial charge in [0.05, 0.1) is 0 Å². The standard InChI is InChI=1S/C15H15F5N2O3S/c1-6(2)5-7-8(13-21-3-4-26-13)11(15(18,19)20)22-9(12(16)17)10(7)25-14(23)24/h6,12H,3-5H2,1-2H3,(H,23,24). The zero-order valence-electron chi connectivity index (χ0n) is 13.7. The Bertz CT molecular complexity index is 735. The molecule has 1 N–H and O–H groups in total. The molecule has 0 aliphatic carbocycles. The summed E-state index contributed by atoms with van der Waals surface area (Å²) in [4.78, 5) is 18.0. The molecule has 2 rings (SSSR count). The van der Waals surface area contributed by atoms with Gasteiger partial charge in [0.25, 0.3) is 6.43 Å². The fourth-order valence-corrected chi connectivity index (χ4v) is 3.43. The van der Waals surface area contributed by atoms with Gasteiger partial charge in [0.15, 0.2) is 17.1 Å². The molecule has 0 saturated carbocycles. The smallest absolute Gasteiger partial charge is 0.449 e. The van der Waals surface area contributed by atoms with E-state index in [-0.39, 0.29) is 29.5 Å². The van der Waals surface area contributed by atoms with E-state index in [0.29, 0.717) is 5.75 Å². The topological polar surface area (TPSA) is 71.8 Å². The molecular weight excluding hydrogens is 383 g/mol. The zero-order chi connectivity index (χ0) is 19.6. The third-order valence-electron chi connectivity index (χ3n) is 3.35. The Morgan fingerprint density at radius 3 is 2.42 bits per heavy atom. The number of halogens is 5. The second-order valence-electron chi connectivity index (χ2n) is 5.83. The van der Waals surface area contributed by atoms with Gasteiger partial charge < -0.3 is 9.84 Å². The number of aromatic nitrogens is 1. The van der Waals surface area contributed by atoms with E-state index in [2.05, 4.69) is 14.7 Å². The third kappa shape index (κ3) is 4.43. The van der Waals surface area contributed by atoms with Gasteiger partial charge in [0, 0.05) is 23.4 Å². The molecule has 0 spiro atoms. The van der Waals surface area contributed by atoms with E-state index < -0.39 is 41.5 Å². The molecule has 144 valence electrons. The first kappa shape index (κ1) is 20.4. The number of pyridine rings is 1. The molecule has 0 radical (unpaired) electrons. The Morgan fingerprint density at radius 2 is 2.00 bits per heavy atom. The number of alkyl halides is 5. The van der Waals surface area contributed by atoms with Crippen LogP contribution >= 0.6 is 11.8 Å². The highest BCUT2D eigenvalue weighted by molar-refractivity contribution is 8.14. The van der Waals surface area contributed by atoms with Crippen LogP contribution in [0.3, 0.4) is 0 Å². The molecule has 2 heterocycles. The summed E-state index contributed by atoms with van der Waals surface area (Å²) in [5.41, 5.74) is -3.60. The number of aliphatic imine (C=N–C) groups is 1. The highest BCUT2D eigenvalue weighted by atomic mass is 32.2. The first-order valence-corrected chi connectivity index (χ1v) is 8.51. The zero-order valence-corrected chi connectivity index (χ0v) is 14.5. The number of hydrogen-bond acceptors (Lipinski definition) is 5. The molecule has 0 atom stereocenters. The van der Waals surface area contributed by atoms with Crippen molar-refractivity contribution in [3.63, 3.8) is 0 Å². The first-order valence-electron chi connectivity index (χ1n) is 7.52. The lowest BCUT2D eigenvalue weighted by Crippen LogP contribution is -2.22. The number of thioether (sulfide) groups is 1. The quantitative estimate of drug-likeness (QED) is 0.571. The fourth-order valence-electron chi connectivity index (χ4n) is 2.51. The Balaban J connectivity index is 2.89. The van der Waals surface area contributed by atoms with Crippen LogP contribution in [0.1, 0.15) is 42.8 Å². The minimum atomic E-state index is -5.02. The van der Waals surface area contributed by atoms with Crippen LogP contribution in [0.15, 0.2) is 4.99 Å². The molecule has 1 aliphatic rings. The van der Waals surface area contributed by atoms with Gasteiger partial charge >= 0.3 is 12.3 Å². The molecule has 1 aromatic rings. The van der Waals surface area contributed by atoms with Crippen LogP contribution in [0.2, 0.25) is 0 Å². The number of ether oxygens (including phenoxy) is 1. The van der Waals surface area contributed by atoms with Crippen LogP contribution in [0, 0.1) is 5.92 Å². The molecule has 0 aromatic carbocycles. The van der Waals surface area contributed by atoms with E-state index in [1.54, 1.807) is 13.8 Å². The molecule has 0 saturated heterocycles. The van der Waals surface area contributed by atoms with Crippen molar-refractivity contribution in [2.75, 3.05) is 12.3 Å². The van der Waals surface area contributed by atoms with Gasteiger partial charge in [0.2, 0.25) is 0 Å². The van der Waals surface area contributed by atoms with Crippen molar-refractivity contribution in [3.8, 4) is 5.75 Å². The molecule has 0 bridgehead atoms. The third-order valence-corrected chi connectivity index (χ3v) is 4.35. The molecule has 1 aromatic heterocycles. The predicted molar refractivity (Wildman–Crippen MR) is 85.3 cm³/mol. The van der Waals surface area contributed by atoms with Crippen LogP contribution in [-0.2, 0) is 12.6 Å². The van der Waals surface area contributed by atoms with Crippen LogP contribution in [0.4, 0.5) is 26.7 Å². The summed E-state index contributed by atoms with van der Waals surface area (Å²) < 4.78 is 71.7. The summed E-state index contributed by atoms with van der Waals surface area (Å²) in [6, 6.07) is 0. The lowest BCUT2D eigenvalue weighted by molar-refractivity contribution is -0.141. The van der Waals surface area contributed by atoms with Gasteiger partial charge in [0.1, 0.15) is 5.04 Å². The van der Waals surface area contributed by atoms with Crippen molar-refractivity contribution in [1.29, 1.82) is 0 Å². The van der Waals surface area contributed by atoms with Crippen molar-refractivity contribution >= 4 is 23.0 Å². The Kier molecular flexibility index (Phi) is 6.09. The van der Waals surface area contributed by atoms with Crippen LogP contribution in [-0.4, -0.2) is 33.6 Å². The lowest BCUT2D eigenvalue weighted by Gasteiger charge is -2.22. The maximum Gasteiger partial charge on any atom is 0.511 e. The molecule has 26 heavy (non-hydrogen) atoms. The number of carbonyl (C=O) groups is 1. The van der Waals surface area contributed by atoms with Crippen LogP contribution < -0.4 is 4.74 Å². The predicted octanol–water partition coefficient (Wildman–Crippen LogP) is 4.79. The maximum absolute atomic E-state index is 13.5. The monoisotopic (exact) mass is 398 g/mol. The molecule has 0 unspecified atom stereocenters. The van der Waals surface area contributed by atoms with E-state index in [1.165, 1.54) is 0 Å². The largest absolute Gasteiger partial charge is 0.511 e. The molecular formula is C15H15F5N2O3S. The van der Waals surface area contributed by atoms with Crippen molar-refractivity contribution in [2.24, 2.45) is 10.9 Å². The van der Waals surface area contributed by atoms with Crippen LogP contribution in [0.5, 0.6) is 5.75 Å². The minimum Gasteiger partial charge on any atom is -0.449 e. The van der Waals surface area contributed by atoms with Crippen molar-refractivity contribution in [1.82, 2.24) is 4.98 Å². The van der Waals surface area contributed by atoms with E-state index in [4.69, 9.17) is 5.11 Å². The SMILES string of the molecule is CC(C)Cc1c(OC(=O)O)c(C(F)F)nc(C(F)(F)F)c1C1=NCCS1. The number of hydrogen-bond donors (Lipinski definition) is 1. The second kappa shape index (κ2) is 7.77. The van der Waals surface area contributed by atoms with Crippen molar-refractivity contribution in [3.05, 3.63) is 22.5 Å². The summed E-state index contributed by atoms with van der Waals surface area (Å²) in [7, 11) is 0. The van der Waals surface area contributed by atoms with E-state index in [1.807, 2.05) is 0 Å². The highest BCUT2D eigenvalue weighted by Gasteiger charge is 2.42. The van der Waals surface area contributed by atoms with Crippen LogP contribution in [0.25, 0.3) is 0 Å². The normalized spacial score (nSPS) is 14.9. The van der Waals surface area contributed by atoms with Gasteiger partial charge in [-0.15, -0.1) is 11.8 Å². The molecule has 5 nitrogen and oxygen atoms in total. The van der Waals surface area contributed by atoms with Gasteiger partial charge in [-0.2, -0.15) is 13.2 Å². The van der Waals surface area contributed by atoms with Gasteiger partial charge in [-0.1, -0.05) is 13.8 Å². The Labute approximate surface area is 149 Å². The fraction of sp³-hybridized carbons (Fsp3) is 0.533. The van der Waals surface area contributed by atoms with Crippen molar-refractivity contribution in [2.45, 2.75) is 32.9 Å². The molecule has 0 amide bonds. The second-order valence-corrected chi connectivity index (χ2v) is 6.91. The lowest BCUT2D eigenvalue weighted by atomic mass is 9.95. The average molecular weight is 398 g/mol. The maximum atomic E-state index is 13.5. The number of rotatable bonds is 5. The summed E-state index contributed by atoms with van der Waals surface area (Å²) >= 11 is 1.03. The van der Waals surface area contributed by atoms with E-state index >= 15 is 0 Å². The number of carboxylic acid groups (broad SMARTS) is 1. The summed E-state index contributed by atoms with van der Waals surface area (Å²) in [5, 5.41) is 8.86. The van der Waals surface area contributed by atoms with Gasteiger partial charge in [-0.3, -0.25) is 4.99 Å². The van der Waals surface area contributed by atoms with E-state index in [0.717, 1.165) is 11.8 Å². The first-order chi connectivity index (χ1) is 12.0. The van der Waals surface area contributed by atoms with Gasteiger partial charge in [-0.25, -0.2) is 18.6 Å². The summed E-state index contributed by atoms with van der Waals surface area (Å²) in [6.45, 7) is 3.59. The molecule has 1 aliphatic heterocycles. The van der Waals surface area contributed by atoms with Crippen molar-refractivity contribution < 1.29 is 36.6 Å². The highest BCUT2D eigenvalue weighted by Crippen LogP contribution is 2.43. The van der Waals surface area contributed by atoms with E-state index in [9.17, 15) is 26.7 Å².